The van der Waals surface area contributed by atoms with E-state index in [0.717, 1.165) is 12.0 Å². The minimum Gasteiger partial charge on any atom is -0.399 e. The molecule has 3 N–H and O–H groups in total. The Balaban J connectivity index is 2.43. The summed E-state index contributed by atoms with van der Waals surface area (Å²) in [5.74, 6) is 0. The molecule has 0 heterocycles. The second-order valence-electron chi connectivity index (χ2n) is 4.47. The quantitative estimate of drug-likeness (QED) is 0.825. The number of sulfonamides is 1. The van der Waals surface area contributed by atoms with E-state index in [-0.39, 0.29) is 14.9 Å². The molecule has 21 heavy (non-hydrogen) atoms. The summed E-state index contributed by atoms with van der Waals surface area (Å²) in [5, 5.41) is -0.0294. The topological polar surface area (TPSA) is 72.2 Å². The van der Waals surface area contributed by atoms with Gasteiger partial charge >= 0.3 is 0 Å². The van der Waals surface area contributed by atoms with Crippen molar-refractivity contribution in [3.63, 3.8) is 0 Å². The molecule has 0 unspecified atom stereocenters. The fourth-order valence-corrected chi connectivity index (χ4v) is 4.18. The van der Waals surface area contributed by atoms with Crippen molar-refractivity contribution in [2.24, 2.45) is 0 Å². The number of aryl methyl sites for hydroxylation is 1. The van der Waals surface area contributed by atoms with Crippen LogP contribution >= 0.6 is 23.2 Å². The number of rotatable bonds is 4. The summed E-state index contributed by atoms with van der Waals surface area (Å²) in [4.78, 5) is -0.179. The van der Waals surface area contributed by atoms with Gasteiger partial charge in [-0.1, -0.05) is 42.3 Å². The van der Waals surface area contributed by atoms with E-state index in [2.05, 4.69) is 4.72 Å². The van der Waals surface area contributed by atoms with Crippen molar-refractivity contribution in [2.45, 2.75) is 18.2 Å². The van der Waals surface area contributed by atoms with Crippen LogP contribution in [0.5, 0.6) is 0 Å². The largest absolute Gasteiger partial charge is 0.399 e. The van der Waals surface area contributed by atoms with Gasteiger partial charge in [0.05, 0.1) is 10.0 Å². The third-order valence-electron chi connectivity index (χ3n) is 2.88. The summed E-state index contributed by atoms with van der Waals surface area (Å²) in [5.41, 5.74) is 7.36. The molecule has 4 nitrogen and oxygen atoms in total. The van der Waals surface area contributed by atoms with Crippen LogP contribution in [0, 0.1) is 0 Å². The highest BCUT2D eigenvalue weighted by atomic mass is 35.5. The Bertz CT molecular complexity index is 753. The van der Waals surface area contributed by atoms with Crippen LogP contribution in [0.4, 0.5) is 11.4 Å². The minimum atomic E-state index is -3.89. The number of nitrogen functional groups attached to an aromatic ring is 1. The van der Waals surface area contributed by atoms with Crippen molar-refractivity contribution in [1.29, 1.82) is 0 Å². The molecule has 0 aliphatic heterocycles. The van der Waals surface area contributed by atoms with Crippen molar-refractivity contribution in [3.05, 3.63) is 52.0 Å². The third kappa shape index (κ3) is 3.61. The number of benzene rings is 2. The van der Waals surface area contributed by atoms with E-state index in [1.165, 1.54) is 12.1 Å². The molecular formula is C14H14Cl2N2O2S. The van der Waals surface area contributed by atoms with Crippen LogP contribution in [-0.4, -0.2) is 8.42 Å². The molecule has 0 bridgehead atoms. The first-order valence-corrected chi connectivity index (χ1v) is 8.43. The number of hydrogen-bond acceptors (Lipinski definition) is 3. The molecule has 2 aromatic rings. The molecule has 2 rings (SSSR count). The van der Waals surface area contributed by atoms with Gasteiger partial charge in [0.2, 0.25) is 0 Å². The maximum Gasteiger partial charge on any atom is 0.264 e. The molecule has 2 aromatic carbocycles. The molecular weight excluding hydrogens is 331 g/mol. The summed E-state index contributed by atoms with van der Waals surface area (Å²) >= 11 is 11.9. The van der Waals surface area contributed by atoms with Crippen LogP contribution in [0.25, 0.3) is 0 Å². The summed E-state index contributed by atoms with van der Waals surface area (Å²) < 4.78 is 27.3. The molecule has 0 saturated heterocycles. The molecule has 0 saturated carbocycles. The normalized spacial score (nSPS) is 11.4. The zero-order chi connectivity index (χ0) is 15.6. The first kappa shape index (κ1) is 15.9. The van der Waals surface area contributed by atoms with E-state index >= 15 is 0 Å². The minimum absolute atomic E-state index is 0.0147. The lowest BCUT2D eigenvalue weighted by atomic mass is 10.1. The zero-order valence-electron chi connectivity index (χ0n) is 11.2. The average molecular weight is 345 g/mol. The van der Waals surface area contributed by atoms with Crippen molar-refractivity contribution in [2.75, 3.05) is 10.5 Å². The molecule has 0 radical (unpaired) electrons. The van der Waals surface area contributed by atoms with Gasteiger partial charge in [-0.05, 0) is 36.2 Å². The Hall–Kier alpha value is -1.43. The zero-order valence-corrected chi connectivity index (χ0v) is 13.6. The van der Waals surface area contributed by atoms with Gasteiger partial charge in [0.1, 0.15) is 4.90 Å². The van der Waals surface area contributed by atoms with Crippen LogP contribution in [0.15, 0.2) is 41.3 Å². The predicted octanol–water partition coefficient (Wildman–Crippen LogP) is 3.94. The molecule has 0 spiro atoms. The third-order valence-corrected chi connectivity index (χ3v) is 5.18. The van der Waals surface area contributed by atoms with Gasteiger partial charge < -0.3 is 5.73 Å². The molecule has 0 fully saturated rings. The summed E-state index contributed by atoms with van der Waals surface area (Å²) in [6.07, 6.45) is 0.805. The number of hydrogen-bond donors (Lipinski definition) is 2. The lowest BCUT2D eigenvalue weighted by Crippen LogP contribution is -2.14. The molecule has 0 aromatic heterocycles. The molecule has 0 amide bonds. The van der Waals surface area contributed by atoms with Gasteiger partial charge in [0, 0.05) is 11.4 Å². The maximum absolute atomic E-state index is 12.4. The monoisotopic (exact) mass is 344 g/mol. The average Bonchev–Trinajstić information content (AvgIpc) is 2.36. The summed E-state index contributed by atoms with van der Waals surface area (Å²) in [7, 11) is -3.89. The van der Waals surface area contributed by atoms with Gasteiger partial charge in [-0.15, -0.1) is 0 Å². The molecule has 7 heteroatoms. The smallest absolute Gasteiger partial charge is 0.264 e. The van der Waals surface area contributed by atoms with Gasteiger partial charge in [0.25, 0.3) is 10.0 Å². The fourth-order valence-electron chi connectivity index (χ4n) is 1.90. The molecule has 112 valence electrons. The first-order valence-electron chi connectivity index (χ1n) is 6.19. The number of nitrogens with one attached hydrogen (secondary N) is 1. The molecule has 0 aliphatic carbocycles. The van der Waals surface area contributed by atoms with E-state index in [9.17, 15) is 8.42 Å². The number of nitrogens with two attached hydrogens (primary N) is 1. The Morgan fingerprint density at radius 1 is 1.14 bits per heavy atom. The van der Waals surface area contributed by atoms with Crippen LogP contribution in [0.1, 0.15) is 12.5 Å². The van der Waals surface area contributed by atoms with E-state index in [4.69, 9.17) is 28.9 Å². The first-order chi connectivity index (χ1) is 9.83. The van der Waals surface area contributed by atoms with E-state index in [0.29, 0.717) is 11.4 Å². The Morgan fingerprint density at radius 3 is 2.33 bits per heavy atom. The van der Waals surface area contributed by atoms with Gasteiger partial charge in [-0.2, -0.15) is 0 Å². The van der Waals surface area contributed by atoms with Crippen LogP contribution in [0.2, 0.25) is 10.0 Å². The fraction of sp³-hybridized carbons (Fsp3) is 0.143. The standard InChI is InChI=1S/C14H14Cl2N2O2S/c1-2-9-4-3-5-11(6-9)18-21(19,20)14-12(15)7-10(17)8-13(14)16/h3-8,18H,2,17H2,1H3. The van der Waals surface area contributed by atoms with E-state index in [1.807, 2.05) is 13.0 Å². The maximum atomic E-state index is 12.4. The van der Waals surface area contributed by atoms with Gasteiger partial charge in [0.15, 0.2) is 0 Å². The lowest BCUT2D eigenvalue weighted by Gasteiger charge is -2.12. The van der Waals surface area contributed by atoms with Crippen molar-refractivity contribution in [3.8, 4) is 0 Å². The van der Waals surface area contributed by atoms with Crippen molar-refractivity contribution in [1.82, 2.24) is 0 Å². The predicted molar refractivity (Wildman–Crippen MR) is 87.5 cm³/mol. The van der Waals surface area contributed by atoms with E-state index < -0.39 is 10.0 Å². The van der Waals surface area contributed by atoms with Gasteiger partial charge in [-0.3, -0.25) is 4.72 Å². The highest BCUT2D eigenvalue weighted by molar-refractivity contribution is 7.93. The Morgan fingerprint density at radius 2 is 1.76 bits per heavy atom. The second kappa shape index (κ2) is 6.13. The van der Waals surface area contributed by atoms with Crippen LogP contribution in [0.3, 0.4) is 0 Å². The SMILES string of the molecule is CCc1cccc(NS(=O)(=O)c2c(Cl)cc(N)cc2Cl)c1. The summed E-state index contributed by atoms with van der Waals surface area (Å²) in [6, 6.07) is 9.82. The number of halogens is 2. The Kier molecular flexibility index (Phi) is 4.66. The van der Waals surface area contributed by atoms with E-state index in [1.54, 1.807) is 18.2 Å². The number of anilines is 2. The van der Waals surface area contributed by atoms with Gasteiger partial charge in [-0.25, -0.2) is 8.42 Å². The molecule has 0 atom stereocenters. The second-order valence-corrected chi connectivity index (χ2v) is 6.91. The van der Waals surface area contributed by atoms with Crippen LogP contribution in [-0.2, 0) is 16.4 Å². The highest BCUT2D eigenvalue weighted by Gasteiger charge is 2.22. The lowest BCUT2D eigenvalue weighted by molar-refractivity contribution is 0.601. The summed E-state index contributed by atoms with van der Waals surface area (Å²) in [6.45, 7) is 1.99. The van der Waals surface area contributed by atoms with Crippen LogP contribution < -0.4 is 10.5 Å². The highest BCUT2D eigenvalue weighted by Crippen LogP contribution is 2.33. The molecule has 0 aliphatic rings. The Labute approximate surface area is 133 Å². The van der Waals surface area contributed by atoms with Crippen molar-refractivity contribution >= 4 is 44.6 Å². The van der Waals surface area contributed by atoms with Crippen molar-refractivity contribution < 1.29 is 8.42 Å².